The van der Waals surface area contributed by atoms with Crippen molar-refractivity contribution < 1.29 is 9.59 Å². The van der Waals surface area contributed by atoms with Crippen LogP contribution in [0, 0.1) is 0 Å². The SMILES string of the molecule is O=C(CCCCCCCCC(=O)Nc1ccccc1)Nc1ccccc1. The molecule has 0 aliphatic heterocycles. The van der Waals surface area contributed by atoms with Crippen molar-refractivity contribution in [1.29, 1.82) is 0 Å². The summed E-state index contributed by atoms with van der Waals surface area (Å²) < 4.78 is 0. The van der Waals surface area contributed by atoms with Crippen molar-refractivity contribution in [1.82, 2.24) is 0 Å². The molecule has 0 saturated heterocycles. The Labute approximate surface area is 156 Å². The standard InChI is InChI=1S/C22H28N2O2/c25-21(23-19-13-7-5-8-14-19)17-11-3-1-2-4-12-18-22(26)24-20-15-9-6-10-16-20/h5-10,13-16H,1-4,11-12,17-18H2,(H,23,25)(H,24,26). The number of hydrogen-bond acceptors (Lipinski definition) is 2. The maximum Gasteiger partial charge on any atom is 0.224 e. The van der Waals surface area contributed by atoms with Gasteiger partial charge in [0.05, 0.1) is 0 Å². The van der Waals surface area contributed by atoms with E-state index in [1.165, 1.54) is 0 Å². The maximum absolute atomic E-state index is 11.8. The first-order valence-corrected chi connectivity index (χ1v) is 9.44. The Bertz CT molecular complexity index is 597. The van der Waals surface area contributed by atoms with E-state index in [4.69, 9.17) is 0 Å². The predicted octanol–water partition coefficient (Wildman–Crippen LogP) is 5.38. The number of hydrogen-bond donors (Lipinski definition) is 2. The lowest BCUT2D eigenvalue weighted by molar-refractivity contribution is -0.117. The number of carbonyl (C=O) groups is 2. The first-order valence-electron chi connectivity index (χ1n) is 9.44. The van der Waals surface area contributed by atoms with E-state index in [2.05, 4.69) is 10.6 Å². The summed E-state index contributed by atoms with van der Waals surface area (Å²) in [5.41, 5.74) is 1.71. The Hall–Kier alpha value is -2.62. The van der Waals surface area contributed by atoms with Gasteiger partial charge in [0.1, 0.15) is 0 Å². The van der Waals surface area contributed by atoms with Gasteiger partial charge in [-0.1, -0.05) is 62.1 Å². The van der Waals surface area contributed by atoms with Gasteiger partial charge in [-0.3, -0.25) is 9.59 Å². The number of unbranched alkanes of at least 4 members (excludes halogenated alkanes) is 5. The molecule has 26 heavy (non-hydrogen) atoms. The highest BCUT2D eigenvalue weighted by Gasteiger charge is 2.03. The van der Waals surface area contributed by atoms with E-state index in [9.17, 15) is 9.59 Å². The van der Waals surface area contributed by atoms with Crippen molar-refractivity contribution in [2.45, 2.75) is 51.4 Å². The highest BCUT2D eigenvalue weighted by Crippen LogP contribution is 2.12. The molecule has 0 aromatic heterocycles. The predicted molar refractivity (Wildman–Crippen MR) is 107 cm³/mol. The van der Waals surface area contributed by atoms with Gasteiger partial charge in [-0.15, -0.1) is 0 Å². The van der Waals surface area contributed by atoms with Crippen LogP contribution in [0.2, 0.25) is 0 Å². The molecule has 0 bridgehead atoms. The molecule has 0 saturated carbocycles. The van der Waals surface area contributed by atoms with Gasteiger partial charge < -0.3 is 10.6 Å². The fraction of sp³-hybridized carbons (Fsp3) is 0.364. The summed E-state index contributed by atoms with van der Waals surface area (Å²) in [6.45, 7) is 0. The van der Waals surface area contributed by atoms with E-state index in [0.29, 0.717) is 12.8 Å². The fourth-order valence-corrected chi connectivity index (χ4v) is 2.77. The molecule has 0 radical (unpaired) electrons. The number of nitrogens with one attached hydrogen (secondary N) is 2. The van der Waals surface area contributed by atoms with Crippen molar-refractivity contribution in [3.8, 4) is 0 Å². The zero-order valence-electron chi connectivity index (χ0n) is 15.2. The summed E-state index contributed by atoms with van der Waals surface area (Å²) >= 11 is 0. The number of rotatable bonds is 11. The van der Waals surface area contributed by atoms with Gasteiger partial charge in [-0.2, -0.15) is 0 Å². The summed E-state index contributed by atoms with van der Waals surface area (Å²) in [4.78, 5) is 23.6. The first-order chi connectivity index (χ1) is 12.7. The average Bonchev–Trinajstić information content (AvgIpc) is 2.65. The van der Waals surface area contributed by atoms with Crippen molar-refractivity contribution in [3.05, 3.63) is 60.7 Å². The molecule has 2 N–H and O–H groups in total. The van der Waals surface area contributed by atoms with E-state index in [-0.39, 0.29) is 11.8 Å². The highest BCUT2D eigenvalue weighted by molar-refractivity contribution is 5.91. The van der Waals surface area contributed by atoms with Crippen molar-refractivity contribution in [2.24, 2.45) is 0 Å². The van der Waals surface area contributed by atoms with Crippen LogP contribution >= 0.6 is 0 Å². The number of carbonyl (C=O) groups excluding carboxylic acids is 2. The molecular weight excluding hydrogens is 324 g/mol. The van der Waals surface area contributed by atoms with Crippen LogP contribution in [0.4, 0.5) is 11.4 Å². The molecule has 2 amide bonds. The summed E-state index contributed by atoms with van der Waals surface area (Å²) in [6.07, 6.45) is 7.28. The number of amides is 2. The summed E-state index contributed by atoms with van der Waals surface area (Å²) in [6, 6.07) is 19.1. The third kappa shape index (κ3) is 8.47. The average molecular weight is 352 g/mol. The van der Waals surface area contributed by atoms with E-state index >= 15 is 0 Å². The zero-order chi connectivity index (χ0) is 18.5. The lowest BCUT2D eigenvalue weighted by atomic mass is 10.1. The van der Waals surface area contributed by atoms with Crippen LogP contribution in [0.3, 0.4) is 0 Å². The van der Waals surface area contributed by atoms with Gasteiger partial charge in [-0.05, 0) is 37.1 Å². The minimum Gasteiger partial charge on any atom is -0.326 e. The van der Waals surface area contributed by atoms with E-state index in [1.807, 2.05) is 60.7 Å². The second-order valence-electron chi connectivity index (χ2n) is 6.45. The van der Waals surface area contributed by atoms with Gasteiger partial charge in [0, 0.05) is 24.2 Å². The molecule has 0 spiro atoms. The van der Waals surface area contributed by atoms with Crippen LogP contribution in [0.15, 0.2) is 60.7 Å². The van der Waals surface area contributed by atoms with E-state index in [1.54, 1.807) is 0 Å². The van der Waals surface area contributed by atoms with E-state index in [0.717, 1.165) is 49.9 Å². The second-order valence-corrected chi connectivity index (χ2v) is 6.45. The smallest absolute Gasteiger partial charge is 0.224 e. The van der Waals surface area contributed by atoms with Gasteiger partial charge in [0.15, 0.2) is 0 Å². The first kappa shape index (κ1) is 19.7. The molecule has 4 nitrogen and oxygen atoms in total. The fourth-order valence-electron chi connectivity index (χ4n) is 2.77. The minimum absolute atomic E-state index is 0.0776. The topological polar surface area (TPSA) is 58.2 Å². The van der Waals surface area contributed by atoms with E-state index < -0.39 is 0 Å². The van der Waals surface area contributed by atoms with Gasteiger partial charge in [0.2, 0.25) is 11.8 Å². The molecule has 138 valence electrons. The number of benzene rings is 2. The Morgan fingerprint density at radius 3 is 1.27 bits per heavy atom. The van der Waals surface area contributed by atoms with Crippen molar-refractivity contribution in [2.75, 3.05) is 10.6 Å². The third-order valence-electron chi connectivity index (χ3n) is 4.17. The van der Waals surface area contributed by atoms with Crippen LogP contribution < -0.4 is 10.6 Å². The van der Waals surface area contributed by atoms with Crippen LogP contribution in [-0.4, -0.2) is 11.8 Å². The molecule has 0 fully saturated rings. The van der Waals surface area contributed by atoms with Gasteiger partial charge in [0.25, 0.3) is 0 Å². The Balaban J connectivity index is 1.43. The number of anilines is 2. The molecule has 0 aliphatic rings. The second kappa shape index (κ2) is 11.9. The summed E-state index contributed by atoms with van der Waals surface area (Å²) in [5, 5.41) is 5.80. The normalized spacial score (nSPS) is 10.3. The number of para-hydroxylation sites is 2. The lowest BCUT2D eigenvalue weighted by Gasteiger charge is -2.06. The molecular formula is C22H28N2O2. The molecule has 0 atom stereocenters. The monoisotopic (exact) mass is 352 g/mol. The quantitative estimate of drug-likeness (QED) is 0.533. The van der Waals surface area contributed by atoms with Crippen LogP contribution in [0.1, 0.15) is 51.4 Å². The molecule has 0 heterocycles. The summed E-state index contributed by atoms with van der Waals surface area (Å²) in [5.74, 6) is 0.155. The molecule has 2 aromatic carbocycles. The molecule has 0 aliphatic carbocycles. The van der Waals surface area contributed by atoms with Crippen molar-refractivity contribution in [3.63, 3.8) is 0 Å². The van der Waals surface area contributed by atoms with Crippen molar-refractivity contribution >= 4 is 23.2 Å². The van der Waals surface area contributed by atoms with Crippen LogP contribution in [0.5, 0.6) is 0 Å². The third-order valence-corrected chi connectivity index (χ3v) is 4.17. The Kier molecular flexibility index (Phi) is 8.98. The molecule has 4 heteroatoms. The Morgan fingerprint density at radius 1 is 0.538 bits per heavy atom. The molecule has 2 aromatic rings. The van der Waals surface area contributed by atoms with Crippen LogP contribution in [0.25, 0.3) is 0 Å². The largest absolute Gasteiger partial charge is 0.326 e. The van der Waals surface area contributed by atoms with Crippen LogP contribution in [-0.2, 0) is 9.59 Å². The highest BCUT2D eigenvalue weighted by atomic mass is 16.2. The lowest BCUT2D eigenvalue weighted by Crippen LogP contribution is -2.11. The zero-order valence-corrected chi connectivity index (χ0v) is 15.2. The molecule has 0 unspecified atom stereocenters. The maximum atomic E-state index is 11.8. The van der Waals surface area contributed by atoms with Gasteiger partial charge in [-0.25, -0.2) is 0 Å². The minimum atomic E-state index is 0.0776. The van der Waals surface area contributed by atoms with Gasteiger partial charge >= 0.3 is 0 Å². The summed E-state index contributed by atoms with van der Waals surface area (Å²) in [7, 11) is 0. The Morgan fingerprint density at radius 2 is 0.885 bits per heavy atom. The molecule has 2 rings (SSSR count).